The summed E-state index contributed by atoms with van der Waals surface area (Å²) in [5, 5.41) is -1.04. The molecule has 1 unspecified atom stereocenters. The fourth-order valence-corrected chi connectivity index (χ4v) is 3.25. The maximum atomic E-state index is 12.7. The van der Waals surface area contributed by atoms with Gasteiger partial charge in [-0.3, -0.25) is 0 Å². The molecule has 0 fully saturated rings. The van der Waals surface area contributed by atoms with Crippen molar-refractivity contribution in [3.8, 4) is 0 Å². The second-order valence-corrected chi connectivity index (χ2v) is 6.18. The standard InChI is InChI=1S/C12H8ClF6P/c1-2-3-10(12(17,18)19)20(13)9-6-4-8(5-7-9)11(14,15)16/h2-7H,1H2/b10-3-. The number of alkyl halides is 6. The van der Waals surface area contributed by atoms with E-state index in [2.05, 4.69) is 6.58 Å². The first kappa shape index (κ1) is 17.1. The zero-order valence-electron chi connectivity index (χ0n) is 9.76. The van der Waals surface area contributed by atoms with Crippen LogP contribution in [-0.4, -0.2) is 6.18 Å². The van der Waals surface area contributed by atoms with Crippen LogP contribution in [0.3, 0.4) is 0 Å². The molecule has 0 amide bonds. The molecule has 0 nitrogen and oxygen atoms in total. The van der Waals surface area contributed by atoms with Gasteiger partial charge in [-0.2, -0.15) is 26.3 Å². The summed E-state index contributed by atoms with van der Waals surface area (Å²) in [6.45, 7) is 3.16. The molecule has 1 aromatic carbocycles. The number of hydrogen-bond acceptors (Lipinski definition) is 0. The average molecular weight is 333 g/mol. The molecular formula is C12H8ClF6P. The predicted molar refractivity (Wildman–Crippen MR) is 68.2 cm³/mol. The van der Waals surface area contributed by atoms with Crippen LogP contribution in [0, 0.1) is 0 Å². The summed E-state index contributed by atoms with van der Waals surface area (Å²) in [6, 6.07) is 3.30. The third-order valence-corrected chi connectivity index (χ3v) is 4.91. The lowest BCUT2D eigenvalue weighted by Gasteiger charge is -2.17. The van der Waals surface area contributed by atoms with Crippen LogP contribution in [-0.2, 0) is 6.18 Å². The van der Waals surface area contributed by atoms with Gasteiger partial charge in [-0.1, -0.05) is 36.0 Å². The average Bonchev–Trinajstić information content (AvgIpc) is 2.33. The van der Waals surface area contributed by atoms with Crippen molar-refractivity contribution in [2.45, 2.75) is 12.4 Å². The second kappa shape index (κ2) is 6.19. The van der Waals surface area contributed by atoms with Gasteiger partial charge in [0.15, 0.2) is 0 Å². The van der Waals surface area contributed by atoms with E-state index in [4.69, 9.17) is 11.2 Å². The summed E-state index contributed by atoms with van der Waals surface area (Å²) in [7, 11) is -2.31. The minimum absolute atomic E-state index is 0.0138. The van der Waals surface area contributed by atoms with Crippen LogP contribution in [0.25, 0.3) is 0 Å². The van der Waals surface area contributed by atoms with Crippen molar-refractivity contribution in [3.05, 3.63) is 53.9 Å². The molecule has 8 heteroatoms. The van der Waals surface area contributed by atoms with E-state index in [9.17, 15) is 26.3 Å². The van der Waals surface area contributed by atoms with Crippen LogP contribution in [0.2, 0.25) is 0 Å². The van der Waals surface area contributed by atoms with Gasteiger partial charge in [0.1, 0.15) is 0 Å². The van der Waals surface area contributed by atoms with E-state index in [0.717, 1.165) is 24.3 Å². The van der Waals surface area contributed by atoms with Crippen molar-refractivity contribution in [3.63, 3.8) is 0 Å². The van der Waals surface area contributed by atoms with Gasteiger partial charge in [-0.25, -0.2) is 0 Å². The van der Waals surface area contributed by atoms with Crippen LogP contribution in [0.5, 0.6) is 0 Å². The van der Waals surface area contributed by atoms with E-state index < -0.39 is 30.5 Å². The molecule has 0 spiro atoms. The molecule has 1 rings (SSSR count). The van der Waals surface area contributed by atoms with Gasteiger partial charge in [0.05, 0.1) is 18.2 Å². The molecule has 1 aromatic rings. The van der Waals surface area contributed by atoms with Crippen molar-refractivity contribution in [2.75, 3.05) is 0 Å². The second-order valence-electron chi connectivity index (χ2n) is 3.61. The van der Waals surface area contributed by atoms with Crippen LogP contribution in [0.15, 0.2) is 48.3 Å². The normalized spacial score (nSPS) is 15.1. The monoisotopic (exact) mass is 332 g/mol. The number of allylic oxidation sites excluding steroid dienone is 3. The van der Waals surface area contributed by atoms with Crippen molar-refractivity contribution in [1.29, 1.82) is 0 Å². The van der Waals surface area contributed by atoms with E-state index in [1.54, 1.807) is 0 Å². The topological polar surface area (TPSA) is 0 Å². The summed E-state index contributed by atoms with van der Waals surface area (Å²) < 4.78 is 75.3. The van der Waals surface area contributed by atoms with Crippen molar-refractivity contribution < 1.29 is 26.3 Å². The summed E-state index contributed by atoms with van der Waals surface area (Å²) >= 11 is 5.75. The van der Waals surface area contributed by atoms with Gasteiger partial charge >= 0.3 is 12.4 Å². The minimum atomic E-state index is -4.66. The van der Waals surface area contributed by atoms with E-state index in [1.807, 2.05) is 0 Å². The molecule has 0 heterocycles. The first-order chi connectivity index (χ1) is 9.07. The number of hydrogen-bond donors (Lipinski definition) is 0. The van der Waals surface area contributed by atoms with Gasteiger partial charge in [0, 0.05) is 0 Å². The van der Waals surface area contributed by atoms with Gasteiger partial charge in [-0.05, 0) is 23.5 Å². The maximum Gasteiger partial charge on any atom is 0.418 e. The van der Waals surface area contributed by atoms with Gasteiger partial charge in [0.2, 0.25) is 0 Å². The fourth-order valence-electron chi connectivity index (χ4n) is 1.30. The van der Waals surface area contributed by atoms with Gasteiger partial charge in [-0.15, -0.1) is 0 Å². The highest BCUT2D eigenvalue weighted by Gasteiger charge is 2.39. The number of halogens is 7. The van der Waals surface area contributed by atoms with Crippen molar-refractivity contribution in [2.24, 2.45) is 0 Å². The Kier molecular flexibility index (Phi) is 5.27. The highest BCUT2D eigenvalue weighted by Crippen LogP contribution is 2.55. The lowest BCUT2D eigenvalue weighted by Crippen LogP contribution is -2.14. The third kappa shape index (κ3) is 4.25. The first-order valence-corrected chi connectivity index (χ1v) is 7.35. The quantitative estimate of drug-likeness (QED) is 0.384. The zero-order chi connectivity index (χ0) is 15.6. The summed E-state index contributed by atoms with van der Waals surface area (Å²) in [4.78, 5) is 0. The van der Waals surface area contributed by atoms with E-state index in [1.165, 1.54) is 0 Å². The molecule has 0 bridgehead atoms. The van der Waals surface area contributed by atoms with E-state index >= 15 is 0 Å². The summed E-state index contributed by atoms with van der Waals surface area (Å²) in [5.41, 5.74) is -0.942. The molecule has 0 aliphatic heterocycles. The van der Waals surface area contributed by atoms with E-state index in [0.29, 0.717) is 12.1 Å². The molecule has 0 aliphatic rings. The molecule has 110 valence electrons. The fraction of sp³-hybridized carbons (Fsp3) is 0.167. The first-order valence-electron chi connectivity index (χ1n) is 5.10. The Morgan fingerprint density at radius 1 is 1.05 bits per heavy atom. The Balaban J connectivity index is 3.11. The van der Waals surface area contributed by atoms with Gasteiger partial charge in [0.25, 0.3) is 0 Å². The minimum Gasteiger partial charge on any atom is -0.166 e. The maximum absolute atomic E-state index is 12.7. The molecule has 20 heavy (non-hydrogen) atoms. The number of rotatable bonds is 3. The highest BCUT2D eigenvalue weighted by atomic mass is 35.7. The third-order valence-electron chi connectivity index (χ3n) is 2.20. The van der Waals surface area contributed by atoms with Crippen molar-refractivity contribution in [1.82, 2.24) is 0 Å². The molecule has 0 radical (unpaired) electrons. The smallest absolute Gasteiger partial charge is 0.166 e. The van der Waals surface area contributed by atoms with Crippen molar-refractivity contribution >= 4 is 23.8 Å². The predicted octanol–water partition coefficient (Wildman–Crippen LogP) is 5.60. The molecule has 0 saturated heterocycles. The zero-order valence-corrected chi connectivity index (χ0v) is 11.4. The largest absolute Gasteiger partial charge is 0.418 e. The number of benzene rings is 1. The Bertz CT molecular complexity index is 500. The highest BCUT2D eigenvalue weighted by molar-refractivity contribution is 7.93. The molecular weight excluding hydrogens is 325 g/mol. The lowest BCUT2D eigenvalue weighted by molar-refractivity contribution is -0.137. The molecule has 0 saturated carbocycles. The SMILES string of the molecule is C=C/C=C(\P(Cl)c1ccc(C(F)(F)F)cc1)C(F)(F)F. The molecule has 0 N–H and O–H groups in total. The Labute approximate surface area is 117 Å². The van der Waals surface area contributed by atoms with Gasteiger partial charge < -0.3 is 0 Å². The van der Waals surface area contributed by atoms with E-state index in [-0.39, 0.29) is 5.30 Å². The van der Waals surface area contributed by atoms with Crippen LogP contribution < -0.4 is 5.30 Å². The van der Waals surface area contributed by atoms with Crippen LogP contribution in [0.1, 0.15) is 5.56 Å². The summed E-state index contributed by atoms with van der Waals surface area (Å²) in [5.74, 6) is 0. The molecule has 0 aromatic heterocycles. The Morgan fingerprint density at radius 2 is 1.55 bits per heavy atom. The molecule has 0 aliphatic carbocycles. The van der Waals surface area contributed by atoms with Crippen LogP contribution in [0.4, 0.5) is 26.3 Å². The molecule has 1 atom stereocenters. The Morgan fingerprint density at radius 3 is 1.90 bits per heavy atom. The lowest BCUT2D eigenvalue weighted by atomic mass is 10.2. The summed E-state index contributed by atoms with van der Waals surface area (Å²) in [6.07, 6.45) is -7.55. The van der Waals surface area contributed by atoms with Crippen LogP contribution >= 0.6 is 18.5 Å². The Hall–Kier alpha value is -1.00.